The van der Waals surface area contributed by atoms with E-state index in [1.54, 1.807) is 0 Å². The number of aliphatic hydroxyl groups excluding tert-OH is 1. The zero-order valence-electron chi connectivity index (χ0n) is 18.9. The molecule has 0 unspecified atom stereocenters. The molecule has 166 valence electrons. The maximum Gasteiger partial charge on any atom is 0.232 e. The Hall–Kier alpha value is -1.89. The highest BCUT2D eigenvalue weighted by Crippen LogP contribution is 2.35. The molecule has 0 aliphatic heterocycles. The van der Waals surface area contributed by atoms with Crippen LogP contribution in [0, 0.1) is 5.92 Å². The van der Waals surface area contributed by atoms with Crippen molar-refractivity contribution in [1.82, 2.24) is 10.1 Å². The lowest BCUT2D eigenvalue weighted by Crippen LogP contribution is -2.37. The predicted molar refractivity (Wildman–Crippen MR) is 121 cm³/mol. The Morgan fingerprint density at radius 1 is 1.17 bits per heavy atom. The van der Waals surface area contributed by atoms with Crippen LogP contribution in [0.4, 0.5) is 5.88 Å². The lowest BCUT2D eigenvalue weighted by Gasteiger charge is -2.27. The first kappa shape index (κ1) is 22.8. The van der Waals surface area contributed by atoms with Crippen LogP contribution in [0.5, 0.6) is 0 Å². The van der Waals surface area contributed by atoms with Crippen LogP contribution >= 0.6 is 0 Å². The molecule has 0 radical (unpaired) electrons. The van der Waals surface area contributed by atoms with Crippen LogP contribution in [-0.2, 0) is 11.3 Å². The number of aliphatic hydroxyl groups is 1. The van der Waals surface area contributed by atoms with Gasteiger partial charge in [0.2, 0.25) is 5.88 Å². The van der Waals surface area contributed by atoms with Gasteiger partial charge in [-0.15, -0.1) is 0 Å². The second-order valence-electron chi connectivity index (χ2n) is 8.53. The molecule has 1 aliphatic carbocycles. The molecule has 0 bridgehead atoms. The first-order valence-electron chi connectivity index (χ1n) is 11.3. The molecule has 1 saturated carbocycles. The van der Waals surface area contributed by atoms with Crippen LogP contribution in [-0.4, -0.2) is 60.2 Å². The Morgan fingerprint density at radius 2 is 1.87 bits per heavy atom. The molecule has 6 nitrogen and oxygen atoms in total. The fourth-order valence-electron chi connectivity index (χ4n) is 3.77. The van der Waals surface area contributed by atoms with Gasteiger partial charge in [0.1, 0.15) is 5.69 Å². The van der Waals surface area contributed by atoms with Crippen molar-refractivity contribution in [2.24, 2.45) is 5.92 Å². The maximum absolute atomic E-state index is 10.6. The molecule has 1 N–H and O–H groups in total. The summed E-state index contributed by atoms with van der Waals surface area (Å²) in [4.78, 5) is 4.56. The summed E-state index contributed by atoms with van der Waals surface area (Å²) in [6.45, 7) is 12.6. The molecule has 1 atom stereocenters. The van der Waals surface area contributed by atoms with Crippen LogP contribution in [0.2, 0.25) is 0 Å². The number of nitrogens with zero attached hydrogens (tertiary/aromatic N) is 3. The molecule has 3 rings (SSSR count). The Balaban J connectivity index is 1.85. The standard InChI is InChI=1S/C24H37N3O3/c1-5-27(6-2)24-22(23(25-30-24)20-10-8-7-9-11-20)16-26(14-19-12-13-19)15-21(28)17-29-18(3)4/h7-11,18-19,21,28H,5-6,12-17H2,1-4H3/t21-/m0/s1. The molecule has 1 heterocycles. The van der Waals surface area contributed by atoms with Crippen molar-refractivity contribution in [2.45, 2.75) is 59.3 Å². The zero-order chi connectivity index (χ0) is 21.5. The topological polar surface area (TPSA) is 62.0 Å². The normalized spacial score (nSPS) is 15.2. The van der Waals surface area contributed by atoms with Gasteiger partial charge in [-0.3, -0.25) is 4.90 Å². The van der Waals surface area contributed by atoms with Crippen molar-refractivity contribution < 1.29 is 14.4 Å². The molecular weight excluding hydrogens is 378 g/mol. The van der Waals surface area contributed by atoms with Gasteiger partial charge in [-0.05, 0) is 46.5 Å². The number of rotatable bonds is 13. The highest BCUT2D eigenvalue weighted by Gasteiger charge is 2.29. The third-order valence-electron chi connectivity index (χ3n) is 5.55. The Kier molecular flexibility index (Phi) is 8.31. The van der Waals surface area contributed by atoms with Crippen molar-refractivity contribution >= 4 is 5.88 Å². The molecule has 0 amide bonds. The van der Waals surface area contributed by atoms with Crippen LogP contribution < -0.4 is 4.90 Å². The van der Waals surface area contributed by atoms with E-state index in [4.69, 9.17) is 9.26 Å². The average molecular weight is 416 g/mol. The molecule has 1 aromatic carbocycles. The van der Waals surface area contributed by atoms with Crippen molar-refractivity contribution in [3.8, 4) is 11.3 Å². The molecule has 0 saturated heterocycles. The lowest BCUT2D eigenvalue weighted by molar-refractivity contribution is -0.0100. The molecule has 1 fully saturated rings. The number of ether oxygens (including phenoxy) is 1. The molecule has 0 spiro atoms. The van der Waals surface area contributed by atoms with Gasteiger partial charge < -0.3 is 19.3 Å². The number of benzene rings is 1. The van der Waals surface area contributed by atoms with E-state index in [1.807, 2.05) is 32.0 Å². The minimum atomic E-state index is -0.511. The van der Waals surface area contributed by atoms with Crippen molar-refractivity contribution in [1.29, 1.82) is 0 Å². The van der Waals surface area contributed by atoms with E-state index < -0.39 is 6.10 Å². The third kappa shape index (κ3) is 6.30. The summed E-state index contributed by atoms with van der Waals surface area (Å²) in [7, 11) is 0. The van der Waals surface area contributed by atoms with E-state index in [1.165, 1.54) is 12.8 Å². The first-order chi connectivity index (χ1) is 14.5. The minimum Gasteiger partial charge on any atom is -0.389 e. The van der Waals surface area contributed by atoms with E-state index in [0.717, 1.165) is 48.3 Å². The van der Waals surface area contributed by atoms with Crippen molar-refractivity contribution in [3.63, 3.8) is 0 Å². The molecule has 1 aromatic heterocycles. The van der Waals surface area contributed by atoms with E-state index >= 15 is 0 Å². The maximum atomic E-state index is 10.6. The number of aromatic nitrogens is 1. The highest BCUT2D eigenvalue weighted by molar-refractivity contribution is 5.68. The van der Waals surface area contributed by atoms with Crippen molar-refractivity contribution in [3.05, 3.63) is 35.9 Å². The summed E-state index contributed by atoms with van der Waals surface area (Å²) in [6.07, 6.45) is 2.15. The Morgan fingerprint density at radius 3 is 2.47 bits per heavy atom. The van der Waals surface area contributed by atoms with Gasteiger partial charge in [0, 0.05) is 38.3 Å². The second-order valence-corrected chi connectivity index (χ2v) is 8.53. The largest absolute Gasteiger partial charge is 0.389 e. The van der Waals surface area contributed by atoms with Crippen LogP contribution in [0.25, 0.3) is 11.3 Å². The lowest BCUT2D eigenvalue weighted by atomic mass is 10.1. The van der Waals surface area contributed by atoms with E-state index in [2.05, 4.69) is 40.9 Å². The SMILES string of the molecule is CCN(CC)c1onc(-c2ccccc2)c1CN(CC1CC1)C[C@H](O)COC(C)C. The fourth-order valence-corrected chi connectivity index (χ4v) is 3.77. The van der Waals surface area contributed by atoms with Crippen LogP contribution in [0.1, 0.15) is 46.1 Å². The van der Waals surface area contributed by atoms with Gasteiger partial charge in [-0.2, -0.15) is 0 Å². The minimum absolute atomic E-state index is 0.119. The van der Waals surface area contributed by atoms with E-state index in [0.29, 0.717) is 19.7 Å². The summed E-state index contributed by atoms with van der Waals surface area (Å²) in [6, 6.07) is 10.2. The Bertz CT molecular complexity index is 754. The molecule has 1 aliphatic rings. The third-order valence-corrected chi connectivity index (χ3v) is 5.55. The van der Waals surface area contributed by atoms with E-state index in [9.17, 15) is 5.11 Å². The molecule has 6 heteroatoms. The van der Waals surface area contributed by atoms with Gasteiger partial charge in [0.25, 0.3) is 0 Å². The second kappa shape index (κ2) is 10.9. The van der Waals surface area contributed by atoms with Gasteiger partial charge in [-0.1, -0.05) is 35.5 Å². The summed E-state index contributed by atoms with van der Waals surface area (Å²) < 4.78 is 11.5. The Labute approximate surface area is 180 Å². The van der Waals surface area contributed by atoms with Crippen LogP contribution in [0.3, 0.4) is 0 Å². The average Bonchev–Trinajstić information content (AvgIpc) is 3.46. The molecule has 30 heavy (non-hydrogen) atoms. The van der Waals surface area contributed by atoms with Gasteiger partial charge in [0.15, 0.2) is 0 Å². The monoisotopic (exact) mass is 415 g/mol. The predicted octanol–water partition coefficient (Wildman–Crippen LogP) is 4.19. The molecular formula is C24H37N3O3. The number of hydrogen-bond acceptors (Lipinski definition) is 6. The summed E-state index contributed by atoms with van der Waals surface area (Å²) in [5, 5.41) is 15.0. The van der Waals surface area contributed by atoms with E-state index in [-0.39, 0.29) is 6.10 Å². The highest BCUT2D eigenvalue weighted by atomic mass is 16.5. The quantitative estimate of drug-likeness (QED) is 0.529. The van der Waals surface area contributed by atoms with Gasteiger partial charge >= 0.3 is 0 Å². The smallest absolute Gasteiger partial charge is 0.232 e. The zero-order valence-corrected chi connectivity index (χ0v) is 18.9. The summed E-state index contributed by atoms with van der Waals surface area (Å²) in [5.41, 5.74) is 3.05. The van der Waals surface area contributed by atoms with Crippen LogP contribution in [0.15, 0.2) is 34.9 Å². The fraction of sp³-hybridized carbons (Fsp3) is 0.625. The number of anilines is 1. The molecule has 2 aromatic rings. The van der Waals surface area contributed by atoms with Gasteiger partial charge in [0.05, 0.1) is 24.4 Å². The summed E-state index contributed by atoms with van der Waals surface area (Å²) in [5.74, 6) is 1.56. The number of hydrogen-bond donors (Lipinski definition) is 1. The first-order valence-corrected chi connectivity index (χ1v) is 11.3. The van der Waals surface area contributed by atoms with Crippen molar-refractivity contribution in [2.75, 3.05) is 37.7 Å². The summed E-state index contributed by atoms with van der Waals surface area (Å²) >= 11 is 0. The van der Waals surface area contributed by atoms with Gasteiger partial charge in [-0.25, -0.2) is 0 Å².